The topological polar surface area (TPSA) is 58.6 Å². The van der Waals surface area contributed by atoms with Gasteiger partial charge in [0.15, 0.2) is 0 Å². The first-order valence-corrected chi connectivity index (χ1v) is 10.8. The summed E-state index contributed by atoms with van der Waals surface area (Å²) in [6.45, 7) is 9.32. The van der Waals surface area contributed by atoms with Gasteiger partial charge in [0, 0.05) is 32.0 Å². The van der Waals surface area contributed by atoms with Gasteiger partial charge in [-0.15, -0.1) is 0 Å². The molecule has 1 atom stereocenters. The Hall–Kier alpha value is -1.72. The van der Waals surface area contributed by atoms with Crippen molar-refractivity contribution < 1.29 is 14.3 Å². The van der Waals surface area contributed by atoms with Crippen molar-refractivity contribution in [2.24, 2.45) is 5.92 Å². The summed E-state index contributed by atoms with van der Waals surface area (Å²) < 4.78 is 5.34. The second kappa shape index (κ2) is 12.7. The molecular weight excluding hydrogens is 352 g/mol. The van der Waals surface area contributed by atoms with Crippen LogP contribution in [0.1, 0.15) is 63.5 Å². The molecule has 28 heavy (non-hydrogen) atoms. The van der Waals surface area contributed by atoms with E-state index in [1.54, 1.807) is 6.92 Å². The van der Waals surface area contributed by atoms with E-state index in [0.717, 1.165) is 31.6 Å². The quantitative estimate of drug-likeness (QED) is 0.437. The molecule has 156 valence electrons. The van der Waals surface area contributed by atoms with Crippen molar-refractivity contribution in [2.75, 3.05) is 26.2 Å². The van der Waals surface area contributed by atoms with Crippen LogP contribution in [0.25, 0.3) is 0 Å². The highest BCUT2D eigenvalue weighted by atomic mass is 16.5. The molecule has 1 N–H and O–H groups in total. The van der Waals surface area contributed by atoms with Gasteiger partial charge in [-0.1, -0.05) is 37.6 Å². The standard InChI is InChI=1S/C23H36N2O3/c1-3-22(19(2)26)11-12-23(27)28-18-21-9-7-20(8-10-21)17-24-13-16-25-14-5-4-6-15-25/h7-10,22,24H,3-6,11-18H2,1-2H3/t22-/m0/s1. The van der Waals surface area contributed by atoms with Crippen LogP contribution in [0.3, 0.4) is 0 Å². The molecule has 1 fully saturated rings. The first kappa shape index (κ1) is 22.6. The molecule has 5 heteroatoms. The Morgan fingerprint density at radius 3 is 2.43 bits per heavy atom. The molecule has 1 saturated heterocycles. The maximum Gasteiger partial charge on any atom is 0.306 e. The molecule has 1 heterocycles. The summed E-state index contributed by atoms with van der Waals surface area (Å²) in [4.78, 5) is 25.8. The molecule has 1 aromatic rings. The van der Waals surface area contributed by atoms with E-state index >= 15 is 0 Å². The van der Waals surface area contributed by atoms with Crippen LogP contribution in [0.4, 0.5) is 0 Å². The van der Waals surface area contributed by atoms with Gasteiger partial charge in [-0.25, -0.2) is 0 Å². The summed E-state index contributed by atoms with van der Waals surface area (Å²) in [5.74, 6) is -0.118. The number of ether oxygens (including phenoxy) is 1. The average molecular weight is 389 g/mol. The molecule has 5 nitrogen and oxygen atoms in total. The van der Waals surface area contributed by atoms with E-state index in [4.69, 9.17) is 4.74 Å². The van der Waals surface area contributed by atoms with Crippen molar-refractivity contribution in [3.63, 3.8) is 0 Å². The zero-order valence-electron chi connectivity index (χ0n) is 17.5. The summed E-state index contributed by atoms with van der Waals surface area (Å²) in [5, 5.41) is 3.51. The number of Topliss-reactive ketones (excluding diaryl/α,β-unsaturated/α-hetero) is 1. The maximum atomic E-state index is 11.9. The average Bonchev–Trinajstić information content (AvgIpc) is 2.71. The minimum absolute atomic E-state index is 0.0331. The Bertz CT molecular complexity index is 594. The molecule has 0 spiro atoms. The smallest absolute Gasteiger partial charge is 0.306 e. The van der Waals surface area contributed by atoms with Crippen molar-refractivity contribution >= 4 is 11.8 Å². The number of carbonyl (C=O) groups is 2. The van der Waals surface area contributed by atoms with Gasteiger partial charge in [0.1, 0.15) is 12.4 Å². The molecule has 1 aromatic carbocycles. The van der Waals surface area contributed by atoms with Gasteiger partial charge < -0.3 is 15.0 Å². The second-order valence-corrected chi connectivity index (χ2v) is 7.81. The first-order chi connectivity index (χ1) is 13.6. The summed E-state index contributed by atoms with van der Waals surface area (Å²) >= 11 is 0. The molecular formula is C23H36N2O3. The molecule has 1 aliphatic heterocycles. The monoisotopic (exact) mass is 388 g/mol. The third-order valence-electron chi connectivity index (χ3n) is 5.57. The van der Waals surface area contributed by atoms with E-state index in [2.05, 4.69) is 22.3 Å². The van der Waals surface area contributed by atoms with E-state index in [1.165, 1.54) is 37.9 Å². The Kier molecular flexibility index (Phi) is 10.2. The van der Waals surface area contributed by atoms with E-state index in [0.29, 0.717) is 19.4 Å². The van der Waals surface area contributed by atoms with Gasteiger partial charge in [0.2, 0.25) is 0 Å². The minimum Gasteiger partial charge on any atom is -0.461 e. The van der Waals surface area contributed by atoms with Gasteiger partial charge >= 0.3 is 5.97 Å². The number of esters is 1. The Balaban J connectivity index is 1.61. The largest absolute Gasteiger partial charge is 0.461 e. The molecule has 0 aliphatic carbocycles. The number of hydrogen-bond donors (Lipinski definition) is 1. The number of hydrogen-bond acceptors (Lipinski definition) is 5. The van der Waals surface area contributed by atoms with E-state index in [-0.39, 0.29) is 17.7 Å². The highest BCUT2D eigenvalue weighted by Gasteiger charge is 2.14. The predicted octanol–water partition coefficient (Wildman–Crippen LogP) is 3.70. The van der Waals surface area contributed by atoms with Crippen molar-refractivity contribution in [3.05, 3.63) is 35.4 Å². The molecule has 1 aliphatic rings. The van der Waals surface area contributed by atoms with E-state index in [9.17, 15) is 9.59 Å². The third-order valence-corrected chi connectivity index (χ3v) is 5.57. The fourth-order valence-electron chi connectivity index (χ4n) is 3.63. The molecule has 2 rings (SSSR count). The van der Waals surface area contributed by atoms with Gasteiger partial charge in [0.25, 0.3) is 0 Å². The highest BCUT2D eigenvalue weighted by Crippen LogP contribution is 2.13. The molecule has 0 unspecified atom stereocenters. The van der Waals surface area contributed by atoms with Crippen LogP contribution >= 0.6 is 0 Å². The fraction of sp³-hybridized carbons (Fsp3) is 0.652. The summed E-state index contributed by atoms with van der Waals surface area (Å²) in [5.41, 5.74) is 2.23. The minimum atomic E-state index is -0.233. The van der Waals surface area contributed by atoms with Crippen LogP contribution in [-0.4, -0.2) is 42.8 Å². The van der Waals surface area contributed by atoms with E-state index in [1.807, 2.05) is 19.1 Å². The zero-order valence-corrected chi connectivity index (χ0v) is 17.5. The number of likely N-dealkylation sites (tertiary alicyclic amines) is 1. The lowest BCUT2D eigenvalue weighted by atomic mass is 9.96. The summed E-state index contributed by atoms with van der Waals surface area (Å²) in [7, 11) is 0. The third kappa shape index (κ3) is 8.53. The number of ketones is 1. The van der Waals surface area contributed by atoms with Crippen LogP contribution in [0, 0.1) is 5.92 Å². The van der Waals surface area contributed by atoms with Crippen molar-refractivity contribution in [1.82, 2.24) is 10.2 Å². The SMILES string of the molecule is CC[C@@H](CCC(=O)OCc1ccc(CNCCN2CCCCC2)cc1)C(C)=O. The van der Waals surface area contributed by atoms with Crippen LogP contribution in [-0.2, 0) is 27.5 Å². The van der Waals surface area contributed by atoms with Gasteiger partial charge in [-0.2, -0.15) is 0 Å². The number of rotatable bonds is 12. The van der Waals surface area contributed by atoms with Gasteiger partial charge in [0.05, 0.1) is 0 Å². The van der Waals surface area contributed by atoms with E-state index < -0.39 is 0 Å². The van der Waals surface area contributed by atoms with Crippen LogP contribution in [0.5, 0.6) is 0 Å². The van der Waals surface area contributed by atoms with Crippen molar-refractivity contribution in [2.45, 2.75) is 65.5 Å². The zero-order chi connectivity index (χ0) is 20.2. The number of piperidine rings is 1. The summed E-state index contributed by atoms with van der Waals surface area (Å²) in [6.07, 6.45) is 5.70. The van der Waals surface area contributed by atoms with Crippen LogP contribution in [0.15, 0.2) is 24.3 Å². The van der Waals surface area contributed by atoms with Crippen molar-refractivity contribution in [3.8, 4) is 0 Å². The lowest BCUT2D eigenvalue weighted by Crippen LogP contribution is -2.35. The molecule has 0 bridgehead atoms. The van der Waals surface area contributed by atoms with Crippen molar-refractivity contribution in [1.29, 1.82) is 0 Å². The molecule has 0 amide bonds. The summed E-state index contributed by atoms with van der Waals surface area (Å²) in [6, 6.07) is 8.19. The highest BCUT2D eigenvalue weighted by molar-refractivity contribution is 5.79. The normalized spacial score (nSPS) is 15.9. The lowest BCUT2D eigenvalue weighted by Gasteiger charge is -2.26. The molecule has 0 aromatic heterocycles. The lowest BCUT2D eigenvalue weighted by molar-refractivity contribution is -0.145. The molecule has 0 radical (unpaired) electrons. The Morgan fingerprint density at radius 2 is 1.79 bits per heavy atom. The first-order valence-electron chi connectivity index (χ1n) is 10.8. The van der Waals surface area contributed by atoms with Gasteiger partial charge in [-0.3, -0.25) is 9.59 Å². The Labute approximate surface area is 169 Å². The predicted molar refractivity (Wildman–Crippen MR) is 112 cm³/mol. The van der Waals surface area contributed by atoms with Gasteiger partial charge in [-0.05, 0) is 56.8 Å². The number of nitrogens with one attached hydrogen (secondary N) is 1. The second-order valence-electron chi connectivity index (χ2n) is 7.81. The Morgan fingerprint density at radius 1 is 1.11 bits per heavy atom. The number of nitrogens with zero attached hydrogens (tertiary/aromatic N) is 1. The van der Waals surface area contributed by atoms with Crippen LogP contribution in [0.2, 0.25) is 0 Å². The maximum absolute atomic E-state index is 11.9. The molecule has 0 saturated carbocycles. The number of carbonyl (C=O) groups excluding carboxylic acids is 2. The fourth-order valence-corrected chi connectivity index (χ4v) is 3.63. The van der Waals surface area contributed by atoms with Crippen LogP contribution < -0.4 is 5.32 Å². The number of benzene rings is 1.